The van der Waals surface area contributed by atoms with Gasteiger partial charge in [-0.15, -0.1) is 0 Å². The second kappa shape index (κ2) is 8.26. The van der Waals surface area contributed by atoms with Gasteiger partial charge in [0.15, 0.2) is 0 Å². The molecule has 2 aliphatic rings. The summed E-state index contributed by atoms with van der Waals surface area (Å²) in [4.78, 5) is 16.5. The summed E-state index contributed by atoms with van der Waals surface area (Å²) >= 11 is 0. The molecule has 0 atom stereocenters. The molecule has 0 amide bonds. The average molecular weight is 413 g/mol. The topological polar surface area (TPSA) is 77.7 Å². The zero-order valence-electron chi connectivity index (χ0n) is 18.2. The van der Waals surface area contributed by atoms with Gasteiger partial charge in [-0.25, -0.2) is 0 Å². The lowest BCUT2D eigenvalue weighted by atomic mass is 9.89. The van der Waals surface area contributed by atoms with E-state index in [1.165, 1.54) is 0 Å². The molecule has 31 heavy (non-hydrogen) atoms. The number of carbonyl (C=O) groups is 1. The third-order valence-electron chi connectivity index (χ3n) is 5.50. The highest BCUT2D eigenvalue weighted by Gasteiger charge is 2.21. The molecule has 4 rings (SSSR count). The van der Waals surface area contributed by atoms with Crippen molar-refractivity contribution in [2.75, 3.05) is 18.4 Å². The van der Waals surface area contributed by atoms with Crippen LogP contribution in [0, 0.1) is 13.8 Å². The van der Waals surface area contributed by atoms with Crippen LogP contribution in [0.2, 0.25) is 0 Å². The molecule has 2 aromatic carbocycles. The van der Waals surface area contributed by atoms with Gasteiger partial charge in [0.1, 0.15) is 11.3 Å². The normalized spacial score (nSPS) is 11.9. The second-order valence-corrected chi connectivity index (χ2v) is 7.61. The van der Waals surface area contributed by atoms with Crippen molar-refractivity contribution in [1.29, 1.82) is 0 Å². The Labute approximate surface area is 181 Å². The van der Waals surface area contributed by atoms with E-state index in [0.29, 0.717) is 23.5 Å². The summed E-state index contributed by atoms with van der Waals surface area (Å²) in [5, 5.41) is 17.0. The van der Waals surface area contributed by atoms with Gasteiger partial charge in [-0.1, -0.05) is 24.3 Å². The van der Waals surface area contributed by atoms with Crippen molar-refractivity contribution in [3.8, 4) is 22.5 Å². The Bertz CT molecular complexity index is 1330. The fourth-order valence-corrected chi connectivity index (χ4v) is 4.08. The first-order chi connectivity index (χ1) is 14.9. The molecule has 1 aliphatic carbocycles. The molecule has 158 valence electrons. The van der Waals surface area contributed by atoms with Crippen LogP contribution >= 0.6 is 0 Å². The number of carbonyl (C=O) groups excluding carboxylic acids is 1. The molecule has 0 saturated heterocycles. The number of aryl methyl sites for hydroxylation is 2. The number of anilines is 1. The molecular weight excluding hydrogens is 388 g/mol. The summed E-state index contributed by atoms with van der Waals surface area (Å²) in [5.74, 6) is -0.534. The van der Waals surface area contributed by atoms with Crippen LogP contribution in [-0.4, -0.2) is 19.1 Å². The quantitative estimate of drug-likeness (QED) is 0.488. The first-order valence-corrected chi connectivity index (χ1v) is 10.5. The summed E-state index contributed by atoms with van der Waals surface area (Å²) in [5.41, 5.74) is 6.19. The number of fused-ring (bicyclic) bond motifs is 2. The van der Waals surface area contributed by atoms with E-state index in [1.807, 2.05) is 58.0 Å². The minimum Gasteiger partial charge on any atom is -0.545 e. The Kier molecular flexibility index (Phi) is 5.51. The monoisotopic (exact) mass is 413 g/mol. The molecule has 1 N–H and O–H groups in total. The van der Waals surface area contributed by atoms with Gasteiger partial charge in [-0.05, 0) is 56.5 Å². The number of hydrogen-bond acceptors (Lipinski definition) is 5. The lowest BCUT2D eigenvalue weighted by Crippen LogP contribution is -2.23. The zero-order valence-corrected chi connectivity index (χ0v) is 18.2. The molecule has 2 aromatic rings. The third-order valence-corrected chi connectivity index (χ3v) is 5.50. The predicted octanol–water partition coefficient (Wildman–Crippen LogP) is 4.54. The molecule has 0 aromatic heterocycles. The van der Waals surface area contributed by atoms with Crippen LogP contribution in [0.25, 0.3) is 33.4 Å². The number of benzene rings is 3. The van der Waals surface area contributed by atoms with Crippen LogP contribution in [0.5, 0.6) is 0 Å². The number of hydrogen-bond donors (Lipinski definition) is 1. The van der Waals surface area contributed by atoms with E-state index in [9.17, 15) is 9.90 Å². The number of carboxylic acid groups (broad SMARTS) is 1. The summed E-state index contributed by atoms with van der Waals surface area (Å²) in [6.45, 7) is 9.54. The van der Waals surface area contributed by atoms with E-state index in [-0.39, 0.29) is 5.56 Å². The van der Waals surface area contributed by atoms with Crippen molar-refractivity contribution in [3.05, 3.63) is 70.6 Å². The van der Waals surface area contributed by atoms with Crippen molar-refractivity contribution < 1.29 is 14.3 Å². The van der Waals surface area contributed by atoms with Gasteiger partial charge in [0.2, 0.25) is 0 Å². The van der Waals surface area contributed by atoms with Crippen LogP contribution in [0.15, 0.2) is 57.9 Å². The molecule has 0 fully saturated rings. The number of carboxylic acids is 1. The highest BCUT2D eigenvalue weighted by atomic mass is 16.4. The Morgan fingerprint density at radius 2 is 1.81 bits per heavy atom. The molecule has 1 aliphatic heterocycles. The average Bonchev–Trinajstić information content (AvgIpc) is 2.74. The Hall–Kier alpha value is -3.60. The number of nitrogens with zero attached hydrogens (tertiary/aromatic N) is 1. The van der Waals surface area contributed by atoms with E-state index in [1.54, 1.807) is 12.1 Å². The lowest BCUT2D eigenvalue weighted by Gasteiger charge is -2.20. The van der Waals surface area contributed by atoms with E-state index in [4.69, 9.17) is 4.42 Å². The molecule has 5 nitrogen and oxygen atoms in total. The van der Waals surface area contributed by atoms with Crippen molar-refractivity contribution in [1.82, 2.24) is 0 Å². The van der Waals surface area contributed by atoms with Crippen LogP contribution in [0.3, 0.4) is 0 Å². The van der Waals surface area contributed by atoms with Crippen LogP contribution < -0.4 is 15.8 Å². The highest BCUT2D eigenvalue weighted by molar-refractivity contribution is 6.07. The molecule has 1 heterocycles. The van der Waals surface area contributed by atoms with Crippen molar-refractivity contribution in [3.63, 3.8) is 0 Å². The maximum atomic E-state index is 11.9. The van der Waals surface area contributed by atoms with Gasteiger partial charge >= 0.3 is 0 Å². The van der Waals surface area contributed by atoms with E-state index < -0.39 is 5.97 Å². The smallest absolute Gasteiger partial charge is 0.137 e. The largest absolute Gasteiger partial charge is 0.545 e. The minimum absolute atomic E-state index is 0.157. The lowest BCUT2D eigenvalue weighted by molar-refractivity contribution is -0.254. The number of aromatic carboxylic acids is 1. The molecule has 0 saturated carbocycles. The van der Waals surface area contributed by atoms with Crippen LogP contribution in [-0.2, 0) is 0 Å². The summed E-state index contributed by atoms with van der Waals surface area (Å²) < 4.78 is 6.33. The predicted molar refractivity (Wildman–Crippen MR) is 122 cm³/mol. The molecule has 0 unspecified atom stereocenters. The maximum Gasteiger partial charge on any atom is 0.137 e. The zero-order chi connectivity index (χ0) is 22.1. The SMILES string of the molecule is CCN=c1cc2oc3cc(NCC)c(C)cc3c(-c3ccccc3C(=O)[O-])c-2cc1C. The van der Waals surface area contributed by atoms with Gasteiger partial charge < -0.3 is 19.6 Å². The molecule has 5 heteroatoms. The van der Waals surface area contributed by atoms with Crippen molar-refractivity contribution in [2.24, 2.45) is 4.99 Å². The highest BCUT2D eigenvalue weighted by Crippen LogP contribution is 2.42. The first kappa shape index (κ1) is 20.7. The van der Waals surface area contributed by atoms with E-state index in [2.05, 4.69) is 16.4 Å². The van der Waals surface area contributed by atoms with Gasteiger partial charge in [-0.2, -0.15) is 0 Å². The van der Waals surface area contributed by atoms with Crippen LogP contribution in [0.1, 0.15) is 35.3 Å². The van der Waals surface area contributed by atoms with E-state index >= 15 is 0 Å². The molecular formula is C26H25N2O3-. The summed E-state index contributed by atoms with van der Waals surface area (Å²) in [6.07, 6.45) is 0. The van der Waals surface area contributed by atoms with Gasteiger partial charge in [0.05, 0.1) is 11.3 Å². The standard InChI is InChI=1S/C26H26N2O3/c1-5-27-21-13-23-19(11-15(21)3)25(17-9-7-8-10-18(17)26(29)30)20-12-16(4)22(28-6-2)14-24(20)31-23/h7-14,27H,5-6H2,1-4H3,(H,29,30)/p-1. The second-order valence-electron chi connectivity index (χ2n) is 7.61. The number of rotatable bonds is 5. The first-order valence-electron chi connectivity index (χ1n) is 10.5. The van der Waals surface area contributed by atoms with Crippen LogP contribution in [0.4, 0.5) is 5.69 Å². The van der Waals surface area contributed by atoms with Gasteiger partial charge in [-0.3, -0.25) is 4.99 Å². The fourth-order valence-electron chi connectivity index (χ4n) is 4.08. The van der Waals surface area contributed by atoms with Crippen molar-refractivity contribution >= 4 is 22.6 Å². The minimum atomic E-state index is -1.20. The number of nitrogens with one attached hydrogen (secondary N) is 1. The van der Waals surface area contributed by atoms with Crippen molar-refractivity contribution in [2.45, 2.75) is 27.7 Å². The third kappa shape index (κ3) is 3.67. The molecule has 0 radical (unpaired) electrons. The molecule has 0 spiro atoms. The summed E-state index contributed by atoms with van der Waals surface area (Å²) in [7, 11) is 0. The van der Waals surface area contributed by atoms with Gasteiger partial charge in [0.25, 0.3) is 0 Å². The summed E-state index contributed by atoms with van der Waals surface area (Å²) in [6, 6.07) is 15.0. The Morgan fingerprint density at radius 1 is 1.03 bits per heavy atom. The Balaban J connectivity index is 2.20. The fraction of sp³-hybridized carbons (Fsp3) is 0.231. The van der Waals surface area contributed by atoms with E-state index in [0.717, 1.165) is 45.2 Å². The Morgan fingerprint density at radius 3 is 2.52 bits per heavy atom. The molecule has 0 bridgehead atoms. The maximum absolute atomic E-state index is 11.9. The van der Waals surface area contributed by atoms with Gasteiger partial charge in [0, 0.05) is 53.0 Å².